The van der Waals surface area contributed by atoms with Crippen LogP contribution in [0.2, 0.25) is 0 Å². The van der Waals surface area contributed by atoms with Gasteiger partial charge in [-0.05, 0) is 36.7 Å². The van der Waals surface area contributed by atoms with E-state index in [0.717, 1.165) is 19.5 Å². The summed E-state index contributed by atoms with van der Waals surface area (Å²) in [6.07, 6.45) is 2.84. The van der Waals surface area contributed by atoms with Crippen LogP contribution in [-0.4, -0.2) is 115 Å². The van der Waals surface area contributed by atoms with Gasteiger partial charge in [0.05, 0.1) is 18.0 Å². The van der Waals surface area contributed by atoms with Gasteiger partial charge in [-0.15, -0.1) is 16.9 Å². The molecule has 4 aliphatic heterocycles. The van der Waals surface area contributed by atoms with Gasteiger partial charge >= 0.3 is 5.97 Å². The number of rotatable bonds is 9. The number of tetrazole rings is 1. The highest BCUT2D eigenvalue weighted by Crippen LogP contribution is 2.51. The predicted molar refractivity (Wildman–Crippen MR) is 135 cm³/mol. The summed E-state index contributed by atoms with van der Waals surface area (Å²) in [6, 6.07) is -0.975. The molecule has 1 aromatic rings. The summed E-state index contributed by atoms with van der Waals surface area (Å²) in [6.45, 7) is 5.87. The molecular weight excluding hydrogens is 514 g/mol. The quantitative estimate of drug-likeness (QED) is 0.258. The number of carbonyl (C=O) groups is 4. The molecule has 4 aliphatic rings. The molecule has 5 rings (SSSR count). The summed E-state index contributed by atoms with van der Waals surface area (Å²) in [5, 5.41) is 30.1. The molecule has 38 heavy (non-hydrogen) atoms. The summed E-state index contributed by atoms with van der Waals surface area (Å²) in [4.78, 5) is 54.7. The van der Waals surface area contributed by atoms with Gasteiger partial charge in [-0.1, -0.05) is 6.92 Å². The fourth-order valence-corrected chi connectivity index (χ4v) is 7.52. The maximum Gasteiger partial charge on any atom is 0.353 e. The molecule has 206 valence electrons. The average Bonchev–Trinajstić information content (AvgIpc) is 3.67. The number of β-lactam (4-membered cyclic amide) rings is 1. The Kier molecular flexibility index (Phi) is 7.42. The molecule has 3 fully saturated rings. The summed E-state index contributed by atoms with van der Waals surface area (Å²) in [5.74, 6) is -2.49. The maximum atomic E-state index is 13.1. The highest BCUT2D eigenvalue weighted by molar-refractivity contribution is 8.03. The molecule has 14 nitrogen and oxygen atoms in total. The van der Waals surface area contributed by atoms with Crippen molar-refractivity contribution in [3.8, 4) is 0 Å². The molecule has 15 heteroatoms. The molecule has 0 aliphatic carbocycles. The molecule has 3 amide bonds. The van der Waals surface area contributed by atoms with Crippen LogP contribution in [0.5, 0.6) is 0 Å². The number of aromatic nitrogens is 4. The van der Waals surface area contributed by atoms with E-state index in [1.165, 1.54) is 27.7 Å². The first-order valence-corrected chi connectivity index (χ1v) is 13.7. The first-order valence-electron chi connectivity index (χ1n) is 12.9. The lowest BCUT2D eigenvalue weighted by molar-refractivity contribution is -0.158. The van der Waals surface area contributed by atoms with Gasteiger partial charge in [-0.2, -0.15) is 0 Å². The lowest BCUT2D eigenvalue weighted by Gasteiger charge is -2.47. The van der Waals surface area contributed by atoms with Crippen LogP contribution in [0.3, 0.4) is 0 Å². The molecule has 0 radical (unpaired) electrons. The van der Waals surface area contributed by atoms with E-state index in [0.29, 0.717) is 17.9 Å². The normalized spacial score (nSPS) is 31.2. The summed E-state index contributed by atoms with van der Waals surface area (Å²) < 4.78 is 1.28. The monoisotopic (exact) mass is 547 g/mol. The third kappa shape index (κ3) is 4.78. The van der Waals surface area contributed by atoms with Gasteiger partial charge in [-0.25, -0.2) is 9.48 Å². The average molecular weight is 548 g/mol. The van der Waals surface area contributed by atoms with Crippen molar-refractivity contribution >= 4 is 35.5 Å². The topological polar surface area (TPSA) is 175 Å². The molecule has 7 atom stereocenters. The Hall–Kier alpha value is -3.04. The van der Waals surface area contributed by atoms with Crippen LogP contribution < -0.4 is 16.0 Å². The maximum absolute atomic E-state index is 13.1. The van der Waals surface area contributed by atoms with Gasteiger partial charge in [-0.3, -0.25) is 14.4 Å². The van der Waals surface area contributed by atoms with E-state index >= 15 is 0 Å². The molecule has 0 spiro atoms. The van der Waals surface area contributed by atoms with Gasteiger partial charge in [0.15, 0.2) is 0 Å². The molecule has 4 N–H and O–H groups in total. The second-order valence-electron chi connectivity index (χ2n) is 10.4. The Morgan fingerprint density at radius 3 is 2.79 bits per heavy atom. The Morgan fingerprint density at radius 2 is 2.13 bits per heavy atom. The molecule has 5 heterocycles. The number of thioether (sulfide) groups is 1. The minimum absolute atomic E-state index is 0.00604. The molecule has 0 unspecified atom stereocenters. The molecule has 0 bridgehead atoms. The number of hydrogen-bond donors (Lipinski definition) is 4. The van der Waals surface area contributed by atoms with Crippen LogP contribution in [0, 0.1) is 11.8 Å². The smallest absolute Gasteiger partial charge is 0.353 e. The lowest BCUT2D eigenvalue weighted by Crippen LogP contribution is -2.66. The van der Waals surface area contributed by atoms with Crippen molar-refractivity contribution in [3.63, 3.8) is 0 Å². The van der Waals surface area contributed by atoms with Crippen LogP contribution >= 0.6 is 11.8 Å². The van der Waals surface area contributed by atoms with E-state index < -0.39 is 17.9 Å². The largest absolute Gasteiger partial charge is 0.477 e. The van der Waals surface area contributed by atoms with Crippen LogP contribution in [-0.2, 0) is 25.7 Å². The number of likely N-dealkylation sites (N-methyl/N-ethyl adjacent to an activating group) is 1. The zero-order valence-electron chi connectivity index (χ0n) is 21.5. The first kappa shape index (κ1) is 26.6. The third-order valence-electron chi connectivity index (χ3n) is 8.03. The van der Waals surface area contributed by atoms with Gasteiger partial charge < -0.3 is 30.9 Å². The van der Waals surface area contributed by atoms with Crippen molar-refractivity contribution in [2.75, 3.05) is 26.7 Å². The molecule has 1 aromatic heterocycles. The van der Waals surface area contributed by atoms with Gasteiger partial charge in [0.1, 0.15) is 18.6 Å². The number of carboxylic acid groups (broad SMARTS) is 1. The van der Waals surface area contributed by atoms with Gasteiger partial charge in [0.25, 0.3) is 0 Å². The highest BCUT2D eigenvalue weighted by Gasteiger charge is 2.60. The fourth-order valence-electron chi connectivity index (χ4n) is 6.04. The van der Waals surface area contributed by atoms with E-state index in [2.05, 4.69) is 31.5 Å². The summed E-state index contributed by atoms with van der Waals surface area (Å²) >= 11 is 1.45. The second-order valence-corrected chi connectivity index (χ2v) is 11.8. The van der Waals surface area contributed by atoms with Crippen molar-refractivity contribution in [3.05, 3.63) is 16.9 Å². The van der Waals surface area contributed by atoms with Crippen LogP contribution in [0.1, 0.15) is 26.7 Å². The van der Waals surface area contributed by atoms with E-state index in [1.54, 1.807) is 6.92 Å². The fraction of sp³-hybridized carbons (Fsp3) is 0.696. The molecule has 0 saturated carbocycles. The second kappa shape index (κ2) is 10.6. The molecule has 0 aromatic carbocycles. The number of hydrogen-bond acceptors (Lipinski definition) is 10. The number of carboxylic acids is 1. The summed E-state index contributed by atoms with van der Waals surface area (Å²) in [5.41, 5.74) is 0.0184. The number of nitrogens with one attached hydrogen (secondary N) is 3. The van der Waals surface area contributed by atoms with Crippen molar-refractivity contribution in [2.45, 2.75) is 62.7 Å². The Balaban J connectivity index is 1.23. The van der Waals surface area contributed by atoms with Gasteiger partial charge in [0, 0.05) is 48.3 Å². The zero-order valence-corrected chi connectivity index (χ0v) is 22.3. The van der Waals surface area contributed by atoms with E-state index in [1.807, 2.05) is 18.9 Å². The van der Waals surface area contributed by atoms with E-state index in [-0.39, 0.29) is 59.3 Å². The third-order valence-corrected chi connectivity index (χ3v) is 9.54. The van der Waals surface area contributed by atoms with Crippen LogP contribution in [0.4, 0.5) is 0 Å². The minimum atomic E-state index is -1.14. The van der Waals surface area contributed by atoms with Crippen molar-refractivity contribution in [1.29, 1.82) is 0 Å². The van der Waals surface area contributed by atoms with Gasteiger partial charge in [0.2, 0.25) is 17.7 Å². The lowest BCUT2D eigenvalue weighted by atomic mass is 9.78. The number of aliphatic carboxylic acids is 1. The highest BCUT2D eigenvalue weighted by atomic mass is 32.2. The van der Waals surface area contributed by atoms with Crippen LogP contribution in [0.15, 0.2) is 16.9 Å². The predicted octanol–water partition coefficient (Wildman–Crippen LogP) is -1.77. The Morgan fingerprint density at radius 1 is 1.34 bits per heavy atom. The standard InChI is InChI=1S/C23H33N9O5S/c1-11-18-17(12(2)27-16(33)9-31-10-26-28-29-31)22(35)32(18)19(23(36)37)20(11)38-14-6-15(25-8-14)21(34)30(3)13-4-5-24-7-13/h10-15,17-18,24-25H,4-9H2,1-3H3,(H,27,33)(H,36,37)/t11-,12-,13-,14+,15+,17-,18-/m1/s1. The number of amides is 3. The molecular formula is C23H33N9O5S. The summed E-state index contributed by atoms with van der Waals surface area (Å²) in [7, 11) is 1.84. The van der Waals surface area contributed by atoms with Crippen LogP contribution in [0.25, 0.3) is 0 Å². The van der Waals surface area contributed by atoms with E-state index in [4.69, 9.17) is 0 Å². The number of carbonyl (C=O) groups excluding carboxylic acids is 3. The van der Waals surface area contributed by atoms with Crippen molar-refractivity contribution in [2.24, 2.45) is 11.8 Å². The minimum Gasteiger partial charge on any atom is -0.477 e. The van der Waals surface area contributed by atoms with E-state index in [9.17, 15) is 24.3 Å². The Labute approximate surface area is 223 Å². The molecule has 3 saturated heterocycles. The van der Waals surface area contributed by atoms with Crippen molar-refractivity contribution < 1.29 is 24.3 Å². The van der Waals surface area contributed by atoms with Crippen molar-refractivity contribution in [1.82, 2.24) is 46.0 Å². The zero-order chi connectivity index (χ0) is 27.1. The SMILES string of the molecule is C[C@@H](NC(=O)Cn1cnnn1)[C@H]1C(=O)N2C(C(=O)O)=C(S[C@@H]3CN[C@H](C(=O)N(C)[C@@H]4CCNC4)C3)[C@H](C)[C@H]12. The number of nitrogens with zero attached hydrogens (tertiary/aromatic N) is 6. The number of fused-ring (bicyclic) bond motifs is 1. The first-order chi connectivity index (χ1) is 18.2. The Bertz CT molecular complexity index is 1140.